The minimum atomic E-state index is -0.382. The van der Waals surface area contributed by atoms with Gasteiger partial charge in [0.2, 0.25) is 0 Å². The molecule has 4 heteroatoms. The number of benzene rings is 1. The van der Waals surface area contributed by atoms with Gasteiger partial charge in [-0.15, -0.1) is 0 Å². The fraction of sp³-hybridized carbons (Fsp3) is 0.333. The molecule has 0 bridgehead atoms. The number of rotatable bonds is 4. The van der Waals surface area contributed by atoms with Gasteiger partial charge < -0.3 is 4.74 Å². The van der Waals surface area contributed by atoms with E-state index in [1.807, 2.05) is 6.07 Å². The molecule has 0 saturated heterocycles. The molecule has 3 nitrogen and oxygen atoms in total. The number of carbonyl (C=O) groups is 2. The van der Waals surface area contributed by atoms with Gasteiger partial charge in [-0.3, -0.25) is 4.79 Å². The molecule has 0 N–H and O–H groups in total. The highest BCUT2D eigenvalue weighted by molar-refractivity contribution is 9.08. The minimum Gasteiger partial charge on any atom is -0.465 e. The third kappa shape index (κ3) is 3.45. The summed E-state index contributed by atoms with van der Waals surface area (Å²) < 4.78 is 4.66. The van der Waals surface area contributed by atoms with Crippen LogP contribution in [0.2, 0.25) is 0 Å². The molecule has 0 atom stereocenters. The third-order valence-corrected chi connectivity index (χ3v) is 2.73. The summed E-state index contributed by atoms with van der Waals surface area (Å²) in [6, 6.07) is 5.35. The van der Waals surface area contributed by atoms with Crippen molar-refractivity contribution in [3.63, 3.8) is 0 Å². The first kappa shape index (κ1) is 12.9. The summed E-state index contributed by atoms with van der Waals surface area (Å²) >= 11 is 3.33. The molecule has 1 aromatic rings. The molecule has 0 amide bonds. The van der Waals surface area contributed by atoms with E-state index in [1.165, 1.54) is 14.0 Å². The molecule has 0 spiro atoms. The van der Waals surface area contributed by atoms with Crippen molar-refractivity contribution in [1.29, 1.82) is 0 Å². The Kier molecular flexibility index (Phi) is 4.68. The van der Waals surface area contributed by atoms with Gasteiger partial charge in [0.15, 0.2) is 0 Å². The standard InChI is InChI=1S/C12H13BrO3/c1-8(14)3-9-4-10(7-13)6-11(5-9)12(15)16-2/h4-6H,3,7H2,1-2H3. The van der Waals surface area contributed by atoms with Crippen molar-refractivity contribution in [3.8, 4) is 0 Å². The molecule has 86 valence electrons. The first-order valence-corrected chi connectivity index (χ1v) is 5.95. The van der Waals surface area contributed by atoms with Crippen LogP contribution in [0.4, 0.5) is 0 Å². The van der Waals surface area contributed by atoms with Crippen LogP contribution in [-0.4, -0.2) is 18.9 Å². The van der Waals surface area contributed by atoms with Gasteiger partial charge in [-0.2, -0.15) is 0 Å². The van der Waals surface area contributed by atoms with Crippen molar-refractivity contribution in [3.05, 3.63) is 34.9 Å². The maximum Gasteiger partial charge on any atom is 0.337 e. The van der Waals surface area contributed by atoms with Crippen LogP contribution in [-0.2, 0) is 21.3 Å². The molecule has 0 radical (unpaired) electrons. The zero-order chi connectivity index (χ0) is 12.1. The number of hydrogen-bond donors (Lipinski definition) is 0. The summed E-state index contributed by atoms with van der Waals surface area (Å²) in [5, 5.41) is 0.642. The fourth-order valence-electron chi connectivity index (χ4n) is 1.46. The molecule has 0 aliphatic rings. The second kappa shape index (κ2) is 5.80. The number of Topliss-reactive ketones (excluding diaryl/α,β-unsaturated/α-hetero) is 1. The average Bonchev–Trinajstić information content (AvgIpc) is 2.26. The molecule has 0 saturated carbocycles. The highest BCUT2D eigenvalue weighted by Gasteiger charge is 2.09. The monoisotopic (exact) mass is 284 g/mol. The second-order valence-corrected chi connectivity index (χ2v) is 4.10. The van der Waals surface area contributed by atoms with Crippen LogP contribution >= 0.6 is 15.9 Å². The van der Waals surface area contributed by atoms with E-state index in [4.69, 9.17) is 0 Å². The van der Waals surface area contributed by atoms with Crippen LogP contribution in [0.5, 0.6) is 0 Å². The van der Waals surface area contributed by atoms with Gasteiger partial charge in [-0.05, 0) is 30.2 Å². The lowest BCUT2D eigenvalue weighted by Crippen LogP contribution is -2.05. The first-order chi connectivity index (χ1) is 7.56. The predicted octanol–water partition coefficient (Wildman–Crippen LogP) is 2.50. The Labute approximate surface area is 103 Å². The molecule has 0 unspecified atom stereocenters. The highest BCUT2D eigenvalue weighted by Crippen LogP contribution is 2.15. The van der Waals surface area contributed by atoms with Crippen LogP contribution in [0.1, 0.15) is 28.4 Å². The van der Waals surface area contributed by atoms with Crippen molar-refractivity contribution in [1.82, 2.24) is 0 Å². The summed E-state index contributed by atoms with van der Waals surface area (Å²) in [6.07, 6.45) is 0.338. The van der Waals surface area contributed by atoms with E-state index >= 15 is 0 Å². The second-order valence-electron chi connectivity index (χ2n) is 3.54. The first-order valence-electron chi connectivity index (χ1n) is 4.83. The van der Waals surface area contributed by atoms with Gasteiger partial charge >= 0.3 is 5.97 Å². The lowest BCUT2D eigenvalue weighted by atomic mass is 10.0. The number of ketones is 1. The van der Waals surface area contributed by atoms with Gasteiger partial charge in [0, 0.05) is 11.8 Å². The molecule has 0 heterocycles. The van der Waals surface area contributed by atoms with E-state index < -0.39 is 0 Å². The molecule has 0 aliphatic carbocycles. The summed E-state index contributed by atoms with van der Waals surface area (Å²) in [7, 11) is 1.34. The lowest BCUT2D eigenvalue weighted by molar-refractivity contribution is -0.116. The Morgan fingerprint density at radius 1 is 1.25 bits per heavy atom. The van der Waals surface area contributed by atoms with E-state index in [9.17, 15) is 9.59 Å². The Hall–Kier alpha value is -1.16. The molecule has 16 heavy (non-hydrogen) atoms. The molecule has 1 aromatic carbocycles. The Balaban J connectivity index is 3.10. The predicted molar refractivity (Wildman–Crippen MR) is 64.8 cm³/mol. The quantitative estimate of drug-likeness (QED) is 0.630. The van der Waals surface area contributed by atoms with Crippen molar-refractivity contribution in [2.24, 2.45) is 0 Å². The van der Waals surface area contributed by atoms with E-state index in [1.54, 1.807) is 12.1 Å². The van der Waals surface area contributed by atoms with Crippen LogP contribution in [0.3, 0.4) is 0 Å². The highest BCUT2D eigenvalue weighted by atomic mass is 79.9. The molecule has 0 aromatic heterocycles. The van der Waals surface area contributed by atoms with E-state index in [0.29, 0.717) is 17.3 Å². The minimum absolute atomic E-state index is 0.0718. The van der Waals surface area contributed by atoms with Crippen LogP contribution in [0.25, 0.3) is 0 Å². The SMILES string of the molecule is COC(=O)c1cc(CBr)cc(CC(C)=O)c1. The maximum absolute atomic E-state index is 11.4. The van der Waals surface area contributed by atoms with Gasteiger partial charge in [0.25, 0.3) is 0 Å². The summed E-state index contributed by atoms with van der Waals surface area (Å²) in [5.74, 6) is -0.310. The number of ether oxygens (including phenoxy) is 1. The number of methoxy groups -OCH3 is 1. The largest absolute Gasteiger partial charge is 0.465 e. The van der Waals surface area contributed by atoms with Crippen LogP contribution in [0, 0.1) is 0 Å². The number of esters is 1. The molecule has 1 rings (SSSR count). The summed E-state index contributed by atoms with van der Waals surface area (Å²) in [5.41, 5.74) is 2.28. The fourth-order valence-corrected chi connectivity index (χ4v) is 1.79. The van der Waals surface area contributed by atoms with Crippen molar-refractivity contribution in [2.75, 3.05) is 7.11 Å². The van der Waals surface area contributed by atoms with Crippen LogP contribution in [0.15, 0.2) is 18.2 Å². The van der Waals surface area contributed by atoms with Gasteiger partial charge in [0.05, 0.1) is 12.7 Å². The number of hydrogen-bond acceptors (Lipinski definition) is 3. The average molecular weight is 285 g/mol. The normalized spacial score (nSPS) is 9.94. The van der Waals surface area contributed by atoms with E-state index in [-0.39, 0.29) is 11.8 Å². The Morgan fingerprint density at radius 2 is 1.88 bits per heavy atom. The van der Waals surface area contributed by atoms with Crippen molar-refractivity contribution < 1.29 is 14.3 Å². The molecule has 0 fully saturated rings. The zero-order valence-electron chi connectivity index (χ0n) is 9.25. The smallest absolute Gasteiger partial charge is 0.337 e. The zero-order valence-corrected chi connectivity index (χ0v) is 10.8. The topological polar surface area (TPSA) is 43.4 Å². The van der Waals surface area contributed by atoms with Crippen molar-refractivity contribution >= 4 is 27.7 Å². The number of halogens is 1. The third-order valence-electron chi connectivity index (χ3n) is 2.08. The van der Waals surface area contributed by atoms with E-state index in [2.05, 4.69) is 20.7 Å². The van der Waals surface area contributed by atoms with Crippen LogP contribution < -0.4 is 0 Å². The molecular formula is C12H13BrO3. The van der Waals surface area contributed by atoms with Gasteiger partial charge in [0.1, 0.15) is 5.78 Å². The summed E-state index contributed by atoms with van der Waals surface area (Å²) in [6.45, 7) is 1.53. The molecule has 0 aliphatic heterocycles. The number of alkyl halides is 1. The van der Waals surface area contributed by atoms with Gasteiger partial charge in [-0.25, -0.2) is 4.79 Å². The van der Waals surface area contributed by atoms with Gasteiger partial charge in [-0.1, -0.05) is 22.0 Å². The summed E-state index contributed by atoms with van der Waals surface area (Å²) in [4.78, 5) is 22.4. The number of carbonyl (C=O) groups excluding carboxylic acids is 2. The Morgan fingerprint density at radius 3 is 2.38 bits per heavy atom. The maximum atomic E-state index is 11.4. The van der Waals surface area contributed by atoms with Crippen molar-refractivity contribution in [2.45, 2.75) is 18.7 Å². The Bertz CT molecular complexity index is 413. The lowest BCUT2D eigenvalue weighted by Gasteiger charge is -2.06. The molecular weight excluding hydrogens is 272 g/mol. The van der Waals surface area contributed by atoms with E-state index in [0.717, 1.165) is 11.1 Å².